The molecule has 32 heavy (non-hydrogen) atoms. The molecule has 0 spiro atoms. The van der Waals surface area contributed by atoms with Gasteiger partial charge in [-0.2, -0.15) is 0 Å². The van der Waals surface area contributed by atoms with E-state index >= 15 is 0 Å². The van der Waals surface area contributed by atoms with Crippen LogP contribution in [-0.4, -0.2) is 27.6 Å². The molecule has 7 heteroatoms. The number of anilines is 1. The number of hydrogen-bond acceptors (Lipinski definition) is 4. The van der Waals surface area contributed by atoms with Crippen LogP contribution in [0.25, 0.3) is 11.0 Å². The first-order valence-electron chi connectivity index (χ1n) is 10.3. The second kappa shape index (κ2) is 9.70. The van der Waals surface area contributed by atoms with Crippen molar-refractivity contribution in [1.82, 2.24) is 14.9 Å². The van der Waals surface area contributed by atoms with E-state index in [1.54, 1.807) is 17.8 Å². The number of benzene rings is 3. The van der Waals surface area contributed by atoms with Crippen molar-refractivity contribution in [3.8, 4) is 0 Å². The molecule has 0 unspecified atom stereocenters. The van der Waals surface area contributed by atoms with Gasteiger partial charge in [0.15, 0.2) is 0 Å². The van der Waals surface area contributed by atoms with E-state index in [4.69, 9.17) is 0 Å². The van der Waals surface area contributed by atoms with Gasteiger partial charge in [0, 0.05) is 16.1 Å². The number of para-hydroxylation sites is 2. The van der Waals surface area contributed by atoms with Crippen LogP contribution in [0, 0.1) is 6.92 Å². The molecular formula is C25H24N4O2S. The topological polar surface area (TPSA) is 76.0 Å². The van der Waals surface area contributed by atoms with Crippen LogP contribution in [0.5, 0.6) is 0 Å². The standard InChI is InChI=1S/C25H24N4O2S/c1-17-7-5-8-18(13-17)25(31)26-15-23-28-21-11-3-4-12-22(21)29(23)16-24(30)27-19-9-6-10-20(14-19)32-2/h3-14H,15-16H2,1-2H3,(H,26,31)(H,27,30). The largest absolute Gasteiger partial charge is 0.345 e. The normalized spacial score (nSPS) is 10.8. The molecular weight excluding hydrogens is 420 g/mol. The lowest BCUT2D eigenvalue weighted by Crippen LogP contribution is -2.26. The number of carbonyl (C=O) groups is 2. The van der Waals surface area contributed by atoms with Crippen LogP contribution in [0.4, 0.5) is 5.69 Å². The highest BCUT2D eigenvalue weighted by atomic mass is 32.2. The monoisotopic (exact) mass is 444 g/mol. The fraction of sp³-hybridized carbons (Fsp3) is 0.160. The summed E-state index contributed by atoms with van der Waals surface area (Å²) in [7, 11) is 0. The maximum Gasteiger partial charge on any atom is 0.251 e. The Balaban J connectivity index is 1.53. The van der Waals surface area contributed by atoms with Crippen molar-refractivity contribution in [1.29, 1.82) is 0 Å². The number of thioether (sulfide) groups is 1. The lowest BCUT2D eigenvalue weighted by atomic mass is 10.1. The third kappa shape index (κ3) is 5.00. The first-order chi connectivity index (χ1) is 15.5. The van der Waals surface area contributed by atoms with E-state index in [0.717, 1.165) is 27.2 Å². The van der Waals surface area contributed by atoms with E-state index in [1.807, 2.05) is 84.5 Å². The minimum Gasteiger partial charge on any atom is -0.345 e. The van der Waals surface area contributed by atoms with Crippen LogP contribution in [0.3, 0.4) is 0 Å². The number of rotatable bonds is 7. The zero-order chi connectivity index (χ0) is 22.5. The number of aromatic nitrogens is 2. The van der Waals surface area contributed by atoms with Gasteiger partial charge in [0.05, 0.1) is 17.6 Å². The van der Waals surface area contributed by atoms with Crippen molar-refractivity contribution >= 4 is 40.3 Å². The summed E-state index contributed by atoms with van der Waals surface area (Å²) in [5.41, 5.74) is 4.00. The number of carbonyl (C=O) groups excluding carboxylic acids is 2. The van der Waals surface area contributed by atoms with Crippen LogP contribution >= 0.6 is 11.8 Å². The average Bonchev–Trinajstić information content (AvgIpc) is 3.14. The Kier molecular flexibility index (Phi) is 6.56. The first kappa shape index (κ1) is 21.6. The fourth-order valence-electron chi connectivity index (χ4n) is 3.53. The van der Waals surface area contributed by atoms with Crippen molar-refractivity contribution < 1.29 is 9.59 Å². The number of nitrogens with one attached hydrogen (secondary N) is 2. The molecule has 0 bridgehead atoms. The Morgan fingerprint density at radius 3 is 2.62 bits per heavy atom. The van der Waals surface area contributed by atoms with Crippen molar-refractivity contribution in [2.45, 2.75) is 24.9 Å². The minimum atomic E-state index is -0.175. The fourth-order valence-corrected chi connectivity index (χ4v) is 3.99. The minimum absolute atomic E-state index is 0.0969. The molecule has 0 saturated carbocycles. The number of imidazole rings is 1. The molecule has 6 nitrogen and oxygen atoms in total. The number of hydrogen-bond donors (Lipinski definition) is 2. The number of fused-ring (bicyclic) bond motifs is 1. The van der Waals surface area contributed by atoms with Crippen molar-refractivity contribution in [3.05, 3.63) is 89.7 Å². The maximum absolute atomic E-state index is 12.8. The molecule has 0 aliphatic heterocycles. The van der Waals surface area contributed by atoms with E-state index in [1.165, 1.54) is 0 Å². The first-order valence-corrected chi connectivity index (χ1v) is 11.5. The molecule has 1 aromatic heterocycles. The van der Waals surface area contributed by atoms with Crippen LogP contribution < -0.4 is 10.6 Å². The molecule has 0 radical (unpaired) electrons. The third-order valence-corrected chi connectivity index (χ3v) is 5.80. The summed E-state index contributed by atoms with van der Waals surface area (Å²) in [5.74, 6) is 0.295. The van der Waals surface area contributed by atoms with Crippen LogP contribution in [0.2, 0.25) is 0 Å². The van der Waals surface area contributed by atoms with Gasteiger partial charge in [-0.05, 0) is 55.6 Å². The Morgan fingerprint density at radius 1 is 1.00 bits per heavy atom. The lowest BCUT2D eigenvalue weighted by Gasteiger charge is -2.11. The Morgan fingerprint density at radius 2 is 1.81 bits per heavy atom. The quantitative estimate of drug-likeness (QED) is 0.407. The van der Waals surface area contributed by atoms with E-state index < -0.39 is 0 Å². The summed E-state index contributed by atoms with van der Waals surface area (Å²) in [6.07, 6.45) is 2.00. The van der Waals surface area contributed by atoms with Gasteiger partial charge in [0.25, 0.3) is 5.91 Å². The predicted octanol–water partition coefficient (Wildman–Crippen LogP) is 4.64. The summed E-state index contributed by atoms with van der Waals surface area (Å²) < 4.78 is 1.85. The van der Waals surface area contributed by atoms with Gasteiger partial charge in [-0.3, -0.25) is 9.59 Å². The third-order valence-electron chi connectivity index (χ3n) is 5.08. The zero-order valence-corrected chi connectivity index (χ0v) is 18.8. The summed E-state index contributed by atoms with van der Waals surface area (Å²) in [5, 5.41) is 5.88. The second-order valence-electron chi connectivity index (χ2n) is 7.44. The summed E-state index contributed by atoms with van der Waals surface area (Å²) >= 11 is 1.62. The van der Waals surface area contributed by atoms with Crippen molar-refractivity contribution in [3.63, 3.8) is 0 Å². The molecule has 2 amide bonds. The number of amides is 2. The molecule has 2 N–H and O–H groups in total. The molecule has 0 atom stereocenters. The molecule has 0 saturated heterocycles. The van der Waals surface area contributed by atoms with E-state index in [0.29, 0.717) is 11.4 Å². The van der Waals surface area contributed by atoms with Crippen LogP contribution in [0.15, 0.2) is 77.7 Å². The Labute approximate surface area is 191 Å². The Bertz CT molecular complexity index is 1280. The van der Waals surface area contributed by atoms with Crippen molar-refractivity contribution in [2.75, 3.05) is 11.6 Å². The van der Waals surface area contributed by atoms with Crippen LogP contribution in [-0.2, 0) is 17.9 Å². The molecule has 3 aromatic carbocycles. The van der Waals surface area contributed by atoms with Gasteiger partial charge in [-0.1, -0.05) is 35.9 Å². The highest BCUT2D eigenvalue weighted by molar-refractivity contribution is 7.98. The van der Waals surface area contributed by atoms with Gasteiger partial charge in [-0.15, -0.1) is 11.8 Å². The maximum atomic E-state index is 12.8. The number of aryl methyl sites for hydroxylation is 1. The lowest BCUT2D eigenvalue weighted by molar-refractivity contribution is -0.116. The molecule has 4 rings (SSSR count). The van der Waals surface area contributed by atoms with Gasteiger partial charge >= 0.3 is 0 Å². The van der Waals surface area contributed by atoms with Gasteiger partial charge in [-0.25, -0.2) is 4.98 Å². The smallest absolute Gasteiger partial charge is 0.251 e. The molecule has 0 aliphatic carbocycles. The second-order valence-corrected chi connectivity index (χ2v) is 8.31. The molecule has 0 fully saturated rings. The van der Waals surface area contributed by atoms with Crippen molar-refractivity contribution in [2.24, 2.45) is 0 Å². The predicted molar refractivity (Wildman–Crippen MR) is 129 cm³/mol. The molecule has 0 aliphatic rings. The zero-order valence-electron chi connectivity index (χ0n) is 18.0. The highest BCUT2D eigenvalue weighted by Gasteiger charge is 2.15. The van der Waals surface area contributed by atoms with E-state index in [2.05, 4.69) is 15.6 Å². The molecule has 1 heterocycles. The summed E-state index contributed by atoms with van der Waals surface area (Å²) in [4.78, 5) is 31.1. The van der Waals surface area contributed by atoms with E-state index in [-0.39, 0.29) is 24.9 Å². The van der Waals surface area contributed by atoms with E-state index in [9.17, 15) is 9.59 Å². The van der Waals surface area contributed by atoms with Gasteiger partial charge in [0.1, 0.15) is 12.4 Å². The highest BCUT2D eigenvalue weighted by Crippen LogP contribution is 2.20. The Hall–Kier alpha value is -3.58. The van der Waals surface area contributed by atoms with Gasteiger partial charge in [0.2, 0.25) is 5.91 Å². The molecule has 162 valence electrons. The summed E-state index contributed by atoms with van der Waals surface area (Å²) in [6, 6.07) is 22.8. The summed E-state index contributed by atoms with van der Waals surface area (Å²) in [6.45, 7) is 2.26. The van der Waals surface area contributed by atoms with Gasteiger partial charge < -0.3 is 15.2 Å². The average molecular weight is 445 g/mol. The van der Waals surface area contributed by atoms with Crippen LogP contribution in [0.1, 0.15) is 21.7 Å². The SMILES string of the molecule is CSc1cccc(NC(=O)Cn2c(CNC(=O)c3cccc(C)c3)nc3ccccc32)c1. The molecule has 4 aromatic rings. The number of nitrogens with zero attached hydrogens (tertiary/aromatic N) is 2.